The molecule has 0 saturated heterocycles. The third kappa shape index (κ3) is 3.34. The molecule has 4 aromatic rings. The molecule has 1 aromatic carbocycles. The van der Waals surface area contributed by atoms with E-state index >= 15 is 0 Å². The van der Waals surface area contributed by atoms with Crippen molar-refractivity contribution in [2.45, 2.75) is 19.1 Å². The van der Waals surface area contributed by atoms with Gasteiger partial charge < -0.3 is 4.90 Å². The van der Waals surface area contributed by atoms with Gasteiger partial charge in [0, 0.05) is 32.3 Å². The molecule has 0 aliphatic carbocycles. The molecule has 0 saturated carbocycles. The van der Waals surface area contributed by atoms with Crippen LogP contribution in [-0.2, 0) is 33.2 Å². The summed E-state index contributed by atoms with van der Waals surface area (Å²) in [5.41, 5.74) is 0.749. The smallest absolute Gasteiger partial charge is 0.331 e. The third-order valence-corrected chi connectivity index (χ3v) is 5.68. The predicted molar refractivity (Wildman–Crippen MR) is 105 cm³/mol. The van der Waals surface area contributed by atoms with Crippen LogP contribution in [0.1, 0.15) is 27.4 Å². The minimum atomic E-state index is -4.55. The fraction of sp³-hybridized carbons (Fsp3) is 0.300. The fourth-order valence-electron chi connectivity index (χ4n) is 4.24. The van der Waals surface area contributed by atoms with E-state index < -0.39 is 29.4 Å². The minimum Gasteiger partial charge on any atom is -0.331 e. The Bertz CT molecular complexity index is 1410. The summed E-state index contributed by atoms with van der Waals surface area (Å²) in [5.74, 6) is -2.27. The van der Waals surface area contributed by atoms with Gasteiger partial charge in [-0.25, -0.2) is 8.78 Å². The normalized spacial score (nSPS) is 14.2. The van der Waals surface area contributed by atoms with Crippen molar-refractivity contribution < 1.29 is 26.7 Å². The van der Waals surface area contributed by atoms with E-state index in [0.717, 1.165) is 16.8 Å². The highest BCUT2D eigenvalue weighted by atomic mass is 19.4. The molecule has 0 radical (unpaired) electrons. The average Bonchev–Trinajstić information content (AvgIpc) is 3.40. The van der Waals surface area contributed by atoms with Crippen LogP contribution in [0.15, 0.2) is 18.2 Å². The maximum Gasteiger partial charge on any atom is 0.433 e. The molecular weight excluding hydrogens is 449 g/mol. The molecule has 0 bridgehead atoms. The van der Waals surface area contributed by atoms with Crippen LogP contribution in [0.5, 0.6) is 0 Å². The molecule has 172 valence electrons. The Kier molecular flexibility index (Phi) is 4.55. The van der Waals surface area contributed by atoms with Crippen LogP contribution < -0.4 is 0 Å². The Morgan fingerprint density at radius 2 is 1.85 bits per heavy atom. The van der Waals surface area contributed by atoms with Crippen LogP contribution in [-0.4, -0.2) is 47.1 Å². The number of nitrogens with one attached hydrogen (secondary N) is 1. The molecular formula is C20H16F5N7O. The van der Waals surface area contributed by atoms with Crippen LogP contribution in [0.4, 0.5) is 22.0 Å². The van der Waals surface area contributed by atoms with Gasteiger partial charge in [0.15, 0.2) is 5.69 Å². The predicted octanol–water partition coefficient (Wildman–Crippen LogP) is 3.19. The van der Waals surface area contributed by atoms with Crippen LogP contribution in [0.25, 0.3) is 22.3 Å². The Morgan fingerprint density at radius 3 is 2.55 bits per heavy atom. The van der Waals surface area contributed by atoms with E-state index in [1.807, 2.05) is 0 Å². The fourth-order valence-corrected chi connectivity index (χ4v) is 4.24. The molecule has 3 aromatic heterocycles. The van der Waals surface area contributed by atoms with Crippen molar-refractivity contribution >= 4 is 16.8 Å². The van der Waals surface area contributed by atoms with Crippen molar-refractivity contribution in [2.75, 3.05) is 6.54 Å². The Hall–Kier alpha value is -3.77. The Morgan fingerprint density at radius 1 is 1.09 bits per heavy atom. The third-order valence-electron chi connectivity index (χ3n) is 5.68. The molecule has 1 aliphatic rings. The van der Waals surface area contributed by atoms with Crippen LogP contribution in [0.3, 0.4) is 0 Å². The number of halogens is 5. The number of H-pyrrole nitrogens is 1. The second kappa shape index (κ2) is 7.12. The zero-order chi connectivity index (χ0) is 23.7. The molecule has 0 unspecified atom stereocenters. The lowest BCUT2D eigenvalue weighted by atomic mass is 10.0. The van der Waals surface area contributed by atoms with E-state index in [1.54, 1.807) is 7.05 Å². The summed E-state index contributed by atoms with van der Waals surface area (Å²) in [6, 6.07) is 2.69. The van der Waals surface area contributed by atoms with E-state index in [1.165, 1.54) is 16.6 Å². The summed E-state index contributed by atoms with van der Waals surface area (Å²) >= 11 is 0. The molecule has 1 N–H and O–H groups in total. The molecule has 13 heteroatoms. The van der Waals surface area contributed by atoms with Gasteiger partial charge in [0.05, 0.1) is 28.8 Å². The lowest BCUT2D eigenvalue weighted by Gasteiger charge is -2.26. The van der Waals surface area contributed by atoms with Gasteiger partial charge in [0.25, 0.3) is 5.91 Å². The van der Waals surface area contributed by atoms with Gasteiger partial charge in [-0.05, 0) is 18.6 Å². The van der Waals surface area contributed by atoms with Gasteiger partial charge in [-0.3, -0.25) is 19.3 Å². The summed E-state index contributed by atoms with van der Waals surface area (Å²) in [5, 5.41) is 14.6. The number of aromatic nitrogens is 6. The lowest BCUT2D eigenvalue weighted by molar-refractivity contribution is -0.143. The van der Waals surface area contributed by atoms with E-state index in [-0.39, 0.29) is 35.4 Å². The average molecular weight is 465 g/mol. The molecule has 1 amide bonds. The zero-order valence-electron chi connectivity index (χ0n) is 17.3. The number of alkyl halides is 3. The quantitative estimate of drug-likeness (QED) is 0.461. The van der Waals surface area contributed by atoms with Crippen LogP contribution >= 0.6 is 0 Å². The second-order valence-corrected chi connectivity index (χ2v) is 7.79. The molecule has 8 nitrogen and oxygen atoms in total. The first-order valence-electron chi connectivity index (χ1n) is 9.83. The lowest BCUT2D eigenvalue weighted by Crippen LogP contribution is -2.36. The van der Waals surface area contributed by atoms with E-state index in [4.69, 9.17) is 0 Å². The Labute approximate surface area is 182 Å². The Balaban J connectivity index is 1.47. The van der Waals surface area contributed by atoms with Crippen molar-refractivity contribution in [1.29, 1.82) is 0 Å². The van der Waals surface area contributed by atoms with Crippen molar-refractivity contribution in [3.8, 4) is 11.4 Å². The highest BCUT2D eigenvalue weighted by Gasteiger charge is 2.36. The number of benzene rings is 1. The first-order chi connectivity index (χ1) is 15.5. The molecule has 1 aliphatic heterocycles. The number of aromatic amines is 1. The highest BCUT2D eigenvalue weighted by molar-refractivity contribution is 6.05. The number of hydrogen-bond donors (Lipinski definition) is 1. The van der Waals surface area contributed by atoms with Crippen LogP contribution in [0, 0.1) is 11.6 Å². The maximum atomic E-state index is 14.3. The molecule has 0 fully saturated rings. The number of amides is 1. The van der Waals surface area contributed by atoms with Crippen molar-refractivity contribution in [3.05, 3.63) is 52.5 Å². The van der Waals surface area contributed by atoms with Crippen molar-refractivity contribution in [1.82, 2.24) is 34.7 Å². The molecule has 0 spiro atoms. The van der Waals surface area contributed by atoms with E-state index in [0.29, 0.717) is 29.4 Å². The summed E-state index contributed by atoms with van der Waals surface area (Å²) in [4.78, 5) is 14.5. The number of nitrogens with zero attached hydrogens (tertiary/aromatic N) is 6. The topological polar surface area (TPSA) is 84.6 Å². The monoisotopic (exact) mass is 465 g/mol. The van der Waals surface area contributed by atoms with Gasteiger partial charge in [-0.1, -0.05) is 0 Å². The summed E-state index contributed by atoms with van der Waals surface area (Å²) in [6.45, 7) is 0.263. The highest BCUT2D eigenvalue weighted by Crippen LogP contribution is 2.35. The van der Waals surface area contributed by atoms with Gasteiger partial charge in [-0.2, -0.15) is 28.5 Å². The number of carbonyl (C=O) groups excluding carboxylic acids is 1. The van der Waals surface area contributed by atoms with Crippen molar-refractivity contribution in [3.63, 3.8) is 0 Å². The second-order valence-electron chi connectivity index (χ2n) is 7.79. The summed E-state index contributed by atoms with van der Waals surface area (Å²) < 4.78 is 69.5. The van der Waals surface area contributed by atoms with Crippen molar-refractivity contribution in [2.24, 2.45) is 14.1 Å². The first kappa shape index (κ1) is 21.1. The largest absolute Gasteiger partial charge is 0.433 e. The van der Waals surface area contributed by atoms with Crippen LogP contribution in [0.2, 0.25) is 0 Å². The summed E-state index contributed by atoms with van der Waals surface area (Å²) in [7, 11) is 2.81. The molecule has 33 heavy (non-hydrogen) atoms. The minimum absolute atomic E-state index is 0.0537. The number of aryl methyl sites for hydroxylation is 2. The molecule has 0 atom stereocenters. The SMILES string of the molecule is Cn1nc(-c2c3c(nn2C)CN(C(=O)c2n[nH]c4cc(F)cc(F)c24)CC3)cc1C(F)(F)F. The number of rotatable bonds is 2. The van der Waals surface area contributed by atoms with E-state index in [9.17, 15) is 26.7 Å². The molecule has 4 heterocycles. The maximum absolute atomic E-state index is 14.3. The zero-order valence-corrected chi connectivity index (χ0v) is 17.3. The van der Waals surface area contributed by atoms with Gasteiger partial charge in [0.1, 0.15) is 23.0 Å². The van der Waals surface area contributed by atoms with Gasteiger partial charge >= 0.3 is 6.18 Å². The van der Waals surface area contributed by atoms with Gasteiger partial charge in [0.2, 0.25) is 0 Å². The summed E-state index contributed by atoms with van der Waals surface area (Å²) in [6.07, 6.45) is -4.24. The standard InChI is InChI=1S/C20H16F5N7O/c1-30-15(20(23,24)25)7-13(28-30)18-10-3-4-32(8-14(10)29-31(18)2)19(33)17-16-11(22)5-9(21)6-12(16)26-27-17/h5-7H,3-4,8H2,1-2H3,(H,26,27). The van der Waals surface area contributed by atoms with E-state index in [2.05, 4.69) is 20.4 Å². The number of hydrogen-bond acceptors (Lipinski definition) is 4. The number of carbonyl (C=O) groups is 1. The molecule has 5 rings (SSSR count). The van der Waals surface area contributed by atoms with Gasteiger partial charge in [-0.15, -0.1) is 0 Å². The number of fused-ring (bicyclic) bond motifs is 2. The first-order valence-corrected chi connectivity index (χ1v) is 9.83.